The summed E-state index contributed by atoms with van der Waals surface area (Å²) in [7, 11) is 0. The van der Waals surface area contributed by atoms with Crippen LogP contribution in [0.3, 0.4) is 0 Å². The van der Waals surface area contributed by atoms with Gasteiger partial charge in [-0.15, -0.1) is 0 Å². The molecular formula is C8H12N2O2. The van der Waals surface area contributed by atoms with Gasteiger partial charge in [-0.3, -0.25) is 0 Å². The van der Waals surface area contributed by atoms with E-state index in [1.807, 2.05) is 6.92 Å². The molecule has 0 spiro atoms. The van der Waals surface area contributed by atoms with E-state index in [-0.39, 0.29) is 17.2 Å². The van der Waals surface area contributed by atoms with Crippen LogP contribution in [0, 0.1) is 0 Å². The molecule has 0 amide bonds. The van der Waals surface area contributed by atoms with Crippen LogP contribution >= 0.6 is 0 Å². The Morgan fingerprint density at radius 1 is 1.25 bits per heavy atom. The number of nitrogen functional groups attached to an aromatic ring is 2. The Kier molecular flexibility index (Phi) is 1.99. The molecule has 0 aliphatic heterocycles. The molecule has 0 unspecified atom stereocenters. The standard InChI is InChI=1S/C8H12N2O2/c1-2-4-3-5(11)8(12)7(10)6(4)9/h3,11-12H,2,9-10H2,1H3. The minimum absolute atomic E-state index is 0.0480. The van der Waals surface area contributed by atoms with E-state index >= 15 is 0 Å². The molecule has 4 nitrogen and oxygen atoms in total. The maximum Gasteiger partial charge on any atom is 0.183 e. The molecule has 0 saturated carbocycles. The Hall–Kier alpha value is -1.58. The lowest BCUT2D eigenvalue weighted by Gasteiger charge is -2.09. The molecule has 66 valence electrons. The molecule has 1 rings (SSSR count). The monoisotopic (exact) mass is 168 g/mol. The second-order valence-corrected chi connectivity index (χ2v) is 2.58. The first kappa shape index (κ1) is 8.52. The number of rotatable bonds is 1. The summed E-state index contributed by atoms with van der Waals surface area (Å²) in [5.41, 5.74) is 12.1. The average molecular weight is 168 g/mol. The van der Waals surface area contributed by atoms with Crippen molar-refractivity contribution in [2.75, 3.05) is 11.5 Å². The highest BCUT2D eigenvalue weighted by molar-refractivity contribution is 5.77. The molecule has 0 saturated heterocycles. The van der Waals surface area contributed by atoms with E-state index in [2.05, 4.69) is 0 Å². The van der Waals surface area contributed by atoms with Crippen LogP contribution in [0.1, 0.15) is 12.5 Å². The number of phenols is 2. The molecule has 0 bridgehead atoms. The van der Waals surface area contributed by atoms with Crippen molar-refractivity contribution >= 4 is 11.4 Å². The molecule has 0 atom stereocenters. The average Bonchev–Trinajstić information content (AvgIpc) is 2.08. The lowest BCUT2D eigenvalue weighted by molar-refractivity contribution is 0.405. The molecule has 6 N–H and O–H groups in total. The van der Waals surface area contributed by atoms with Gasteiger partial charge < -0.3 is 21.7 Å². The Labute approximate surface area is 70.4 Å². The summed E-state index contributed by atoms with van der Waals surface area (Å²) >= 11 is 0. The number of hydrogen-bond acceptors (Lipinski definition) is 4. The van der Waals surface area contributed by atoms with Gasteiger partial charge in [-0.05, 0) is 18.1 Å². The molecular weight excluding hydrogens is 156 g/mol. The Bertz CT molecular complexity index is 310. The first-order valence-corrected chi connectivity index (χ1v) is 3.66. The fourth-order valence-electron chi connectivity index (χ4n) is 1.04. The zero-order valence-corrected chi connectivity index (χ0v) is 6.83. The van der Waals surface area contributed by atoms with Crippen molar-refractivity contribution in [2.45, 2.75) is 13.3 Å². The van der Waals surface area contributed by atoms with E-state index in [0.29, 0.717) is 12.1 Å². The topological polar surface area (TPSA) is 92.5 Å². The minimum atomic E-state index is -0.343. The zero-order valence-electron chi connectivity index (χ0n) is 6.83. The molecule has 0 fully saturated rings. The van der Waals surface area contributed by atoms with Crippen molar-refractivity contribution in [3.63, 3.8) is 0 Å². The van der Waals surface area contributed by atoms with Gasteiger partial charge in [-0.2, -0.15) is 0 Å². The smallest absolute Gasteiger partial charge is 0.183 e. The maximum absolute atomic E-state index is 9.15. The minimum Gasteiger partial charge on any atom is -0.504 e. The molecule has 1 aromatic rings. The van der Waals surface area contributed by atoms with E-state index in [4.69, 9.17) is 21.7 Å². The van der Waals surface area contributed by atoms with E-state index in [0.717, 1.165) is 5.56 Å². The van der Waals surface area contributed by atoms with Gasteiger partial charge in [-0.1, -0.05) is 6.92 Å². The van der Waals surface area contributed by atoms with Crippen LogP contribution in [-0.2, 0) is 6.42 Å². The van der Waals surface area contributed by atoms with Crippen LogP contribution in [0.4, 0.5) is 11.4 Å². The second kappa shape index (κ2) is 2.81. The number of aryl methyl sites for hydroxylation is 1. The molecule has 0 aliphatic carbocycles. The fourth-order valence-corrected chi connectivity index (χ4v) is 1.04. The molecule has 4 heteroatoms. The number of anilines is 2. The SMILES string of the molecule is CCc1cc(O)c(O)c(N)c1N. The normalized spacial score (nSPS) is 10.1. The van der Waals surface area contributed by atoms with Crippen LogP contribution in [0.2, 0.25) is 0 Å². The van der Waals surface area contributed by atoms with Crippen molar-refractivity contribution < 1.29 is 10.2 Å². The lowest BCUT2D eigenvalue weighted by atomic mass is 10.1. The van der Waals surface area contributed by atoms with Gasteiger partial charge in [-0.25, -0.2) is 0 Å². The highest BCUT2D eigenvalue weighted by Gasteiger charge is 2.10. The summed E-state index contributed by atoms with van der Waals surface area (Å²) in [6, 6.07) is 1.42. The number of aromatic hydroxyl groups is 2. The van der Waals surface area contributed by atoms with Crippen molar-refractivity contribution in [2.24, 2.45) is 0 Å². The van der Waals surface area contributed by atoms with Crippen LogP contribution in [0.25, 0.3) is 0 Å². The van der Waals surface area contributed by atoms with Gasteiger partial charge in [0.15, 0.2) is 11.5 Å². The number of nitrogens with two attached hydrogens (primary N) is 2. The van der Waals surface area contributed by atoms with Gasteiger partial charge in [0.2, 0.25) is 0 Å². The van der Waals surface area contributed by atoms with Gasteiger partial charge in [0.05, 0.1) is 5.69 Å². The van der Waals surface area contributed by atoms with Crippen LogP contribution in [-0.4, -0.2) is 10.2 Å². The van der Waals surface area contributed by atoms with Gasteiger partial charge in [0.25, 0.3) is 0 Å². The summed E-state index contributed by atoms with van der Waals surface area (Å²) in [5.74, 6) is -0.566. The largest absolute Gasteiger partial charge is 0.504 e. The van der Waals surface area contributed by atoms with Crippen LogP contribution in [0.5, 0.6) is 11.5 Å². The van der Waals surface area contributed by atoms with Crippen molar-refractivity contribution in [3.8, 4) is 11.5 Å². The third-order valence-electron chi connectivity index (χ3n) is 1.83. The Morgan fingerprint density at radius 2 is 1.83 bits per heavy atom. The van der Waals surface area contributed by atoms with E-state index in [1.54, 1.807) is 0 Å². The predicted octanol–water partition coefficient (Wildman–Crippen LogP) is 0.825. The van der Waals surface area contributed by atoms with Crippen molar-refractivity contribution in [1.29, 1.82) is 0 Å². The summed E-state index contributed by atoms with van der Waals surface area (Å²) in [4.78, 5) is 0. The second-order valence-electron chi connectivity index (χ2n) is 2.58. The van der Waals surface area contributed by atoms with Crippen LogP contribution in [0.15, 0.2) is 6.07 Å². The molecule has 0 aliphatic rings. The molecule has 0 aromatic heterocycles. The number of phenolic OH excluding ortho intramolecular Hbond substituents is 2. The Balaban J connectivity index is 3.39. The van der Waals surface area contributed by atoms with E-state index < -0.39 is 0 Å². The molecule has 0 heterocycles. The Morgan fingerprint density at radius 3 is 2.33 bits per heavy atom. The van der Waals surface area contributed by atoms with E-state index in [9.17, 15) is 0 Å². The van der Waals surface area contributed by atoms with Gasteiger partial charge >= 0.3 is 0 Å². The molecule has 0 radical (unpaired) electrons. The molecule has 1 aromatic carbocycles. The van der Waals surface area contributed by atoms with Crippen LogP contribution < -0.4 is 11.5 Å². The highest BCUT2D eigenvalue weighted by Crippen LogP contribution is 2.37. The van der Waals surface area contributed by atoms with Crippen molar-refractivity contribution in [3.05, 3.63) is 11.6 Å². The first-order valence-electron chi connectivity index (χ1n) is 3.66. The summed E-state index contributed by atoms with van der Waals surface area (Å²) < 4.78 is 0. The maximum atomic E-state index is 9.15. The quantitative estimate of drug-likeness (QED) is 0.284. The van der Waals surface area contributed by atoms with Gasteiger partial charge in [0.1, 0.15) is 5.69 Å². The number of hydrogen-bond donors (Lipinski definition) is 4. The van der Waals surface area contributed by atoms with Gasteiger partial charge in [0, 0.05) is 0 Å². The summed E-state index contributed by atoms with van der Waals surface area (Å²) in [5, 5.41) is 18.3. The predicted molar refractivity (Wildman–Crippen MR) is 48.0 cm³/mol. The first-order chi connectivity index (χ1) is 5.57. The summed E-state index contributed by atoms with van der Waals surface area (Å²) in [6.45, 7) is 1.89. The van der Waals surface area contributed by atoms with Crippen molar-refractivity contribution in [1.82, 2.24) is 0 Å². The highest BCUT2D eigenvalue weighted by atomic mass is 16.3. The number of benzene rings is 1. The third kappa shape index (κ3) is 1.11. The fraction of sp³-hybridized carbons (Fsp3) is 0.250. The summed E-state index contributed by atoms with van der Waals surface area (Å²) in [6.07, 6.45) is 0.671. The lowest BCUT2D eigenvalue weighted by Crippen LogP contribution is -1.99. The zero-order chi connectivity index (χ0) is 9.30. The van der Waals surface area contributed by atoms with E-state index in [1.165, 1.54) is 6.07 Å². The third-order valence-corrected chi connectivity index (χ3v) is 1.83. The molecule has 12 heavy (non-hydrogen) atoms.